The Morgan fingerprint density at radius 2 is 2.04 bits per heavy atom. The molecule has 0 radical (unpaired) electrons. The summed E-state index contributed by atoms with van der Waals surface area (Å²) in [6.07, 6.45) is 0.771. The van der Waals surface area contributed by atoms with Gasteiger partial charge in [0.15, 0.2) is 0 Å². The average Bonchev–Trinajstić information content (AvgIpc) is 2.86. The van der Waals surface area contributed by atoms with Crippen molar-refractivity contribution in [3.05, 3.63) is 57.6 Å². The molecule has 138 valence electrons. The van der Waals surface area contributed by atoms with Crippen LogP contribution in [-0.2, 0) is 22.6 Å². The van der Waals surface area contributed by atoms with Crippen LogP contribution in [0.2, 0.25) is 0 Å². The topological polar surface area (TPSA) is 69.7 Å². The van der Waals surface area contributed by atoms with Gasteiger partial charge in [-0.2, -0.15) is 0 Å². The average molecular weight is 428 g/mol. The monoisotopic (exact) mass is 427 g/mol. The number of fused-ring (bicyclic) bond motifs is 2. The maximum absolute atomic E-state index is 12.5. The van der Waals surface area contributed by atoms with E-state index >= 15 is 0 Å². The number of anilines is 2. The number of carbonyl (C=O) groups is 3. The van der Waals surface area contributed by atoms with Crippen LogP contribution in [0.1, 0.15) is 28.4 Å². The number of benzene rings is 2. The number of nitrogens with one attached hydrogen (secondary N) is 1. The van der Waals surface area contributed by atoms with Crippen molar-refractivity contribution in [2.24, 2.45) is 0 Å². The lowest BCUT2D eigenvalue weighted by molar-refractivity contribution is -0.115. The molecule has 2 aliphatic rings. The van der Waals surface area contributed by atoms with Crippen LogP contribution in [-0.4, -0.2) is 35.7 Å². The van der Waals surface area contributed by atoms with Crippen molar-refractivity contribution in [2.75, 3.05) is 23.4 Å². The van der Waals surface area contributed by atoms with Crippen molar-refractivity contribution >= 4 is 44.9 Å². The van der Waals surface area contributed by atoms with Gasteiger partial charge in [-0.05, 0) is 41.8 Å². The molecule has 0 saturated carbocycles. The maximum atomic E-state index is 12.5. The van der Waals surface area contributed by atoms with Crippen molar-refractivity contribution in [1.29, 1.82) is 0 Å². The van der Waals surface area contributed by atoms with E-state index in [-0.39, 0.29) is 5.91 Å². The predicted molar refractivity (Wildman–Crippen MR) is 106 cm³/mol. The van der Waals surface area contributed by atoms with E-state index in [9.17, 15) is 14.4 Å². The second kappa shape index (κ2) is 6.90. The first-order chi connectivity index (χ1) is 12.9. The standard InChI is InChI=1S/C20H18BrN3O3/c1-12(25)22-17-4-2-3-13-10-23(8-7-15(13)17)11-24-18-9-14(21)5-6-16(18)19(26)20(24)27/h2-6,9H,7-8,10-11H2,1H3,(H,22,25). The molecule has 1 N–H and O–H groups in total. The van der Waals surface area contributed by atoms with Gasteiger partial charge in [0.1, 0.15) is 0 Å². The van der Waals surface area contributed by atoms with Gasteiger partial charge in [-0.3, -0.25) is 24.2 Å². The summed E-state index contributed by atoms with van der Waals surface area (Å²) < 4.78 is 0.831. The van der Waals surface area contributed by atoms with Crippen LogP contribution in [0.5, 0.6) is 0 Å². The Labute approximate surface area is 165 Å². The fourth-order valence-corrected chi connectivity index (χ4v) is 4.05. The first-order valence-corrected chi connectivity index (χ1v) is 9.50. The van der Waals surface area contributed by atoms with E-state index in [1.165, 1.54) is 6.92 Å². The van der Waals surface area contributed by atoms with E-state index in [0.717, 1.165) is 34.3 Å². The Hall–Kier alpha value is -2.51. The molecule has 2 aromatic carbocycles. The Morgan fingerprint density at radius 1 is 1.22 bits per heavy atom. The van der Waals surface area contributed by atoms with Crippen LogP contribution >= 0.6 is 15.9 Å². The van der Waals surface area contributed by atoms with Crippen LogP contribution < -0.4 is 10.2 Å². The lowest BCUT2D eigenvalue weighted by atomic mass is 9.98. The molecule has 0 fully saturated rings. The van der Waals surface area contributed by atoms with Crippen molar-refractivity contribution in [2.45, 2.75) is 19.9 Å². The van der Waals surface area contributed by atoms with E-state index < -0.39 is 11.7 Å². The molecule has 2 amide bonds. The van der Waals surface area contributed by atoms with Crippen LogP contribution in [0.15, 0.2) is 40.9 Å². The molecule has 0 spiro atoms. The van der Waals surface area contributed by atoms with Gasteiger partial charge in [-0.1, -0.05) is 28.1 Å². The Balaban J connectivity index is 1.56. The molecule has 2 heterocycles. The van der Waals surface area contributed by atoms with Crippen LogP contribution in [0, 0.1) is 0 Å². The first-order valence-electron chi connectivity index (χ1n) is 8.70. The zero-order valence-electron chi connectivity index (χ0n) is 14.8. The third-order valence-corrected chi connectivity index (χ3v) is 5.42. The number of carbonyl (C=O) groups excluding carboxylic acids is 3. The van der Waals surface area contributed by atoms with Crippen molar-refractivity contribution in [3.8, 4) is 0 Å². The largest absolute Gasteiger partial charge is 0.326 e. The Bertz CT molecular complexity index is 973. The number of ketones is 1. The summed E-state index contributed by atoms with van der Waals surface area (Å²) in [5, 5.41) is 2.88. The molecule has 0 aliphatic carbocycles. The van der Waals surface area contributed by atoms with Gasteiger partial charge in [-0.15, -0.1) is 0 Å². The summed E-state index contributed by atoms with van der Waals surface area (Å²) in [7, 11) is 0. The number of hydrogen-bond donors (Lipinski definition) is 1. The molecular formula is C20H18BrN3O3. The number of nitrogens with zero attached hydrogens (tertiary/aromatic N) is 2. The summed E-state index contributed by atoms with van der Waals surface area (Å²) in [4.78, 5) is 39.8. The number of amides is 2. The fourth-order valence-electron chi connectivity index (χ4n) is 3.70. The zero-order chi connectivity index (χ0) is 19.1. The molecule has 0 bridgehead atoms. The quantitative estimate of drug-likeness (QED) is 0.764. The molecule has 27 heavy (non-hydrogen) atoms. The van der Waals surface area contributed by atoms with Gasteiger partial charge in [0, 0.05) is 30.2 Å². The predicted octanol–water partition coefficient (Wildman–Crippen LogP) is 2.95. The minimum Gasteiger partial charge on any atom is -0.326 e. The molecule has 0 atom stereocenters. The molecule has 0 saturated heterocycles. The van der Waals surface area contributed by atoms with Crippen molar-refractivity contribution < 1.29 is 14.4 Å². The minimum absolute atomic E-state index is 0.0887. The molecule has 6 nitrogen and oxygen atoms in total. The van der Waals surface area contributed by atoms with E-state index in [4.69, 9.17) is 0 Å². The minimum atomic E-state index is -0.485. The number of Topliss-reactive ketones (excluding diaryl/α,β-unsaturated/α-hetero) is 1. The van der Waals surface area contributed by atoms with E-state index in [1.807, 2.05) is 24.3 Å². The zero-order valence-corrected chi connectivity index (χ0v) is 16.4. The molecule has 4 rings (SSSR count). The first kappa shape index (κ1) is 17.9. The smallest absolute Gasteiger partial charge is 0.300 e. The lowest BCUT2D eigenvalue weighted by Crippen LogP contribution is -2.43. The summed E-state index contributed by atoms with van der Waals surface area (Å²) in [6, 6.07) is 11.1. The maximum Gasteiger partial charge on any atom is 0.300 e. The number of halogens is 1. The van der Waals surface area contributed by atoms with Gasteiger partial charge >= 0.3 is 5.91 Å². The Kier molecular flexibility index (Phi) is 4.57. The summed E-state index contributed by atoms with van der Waals surface area (Å²) in [6.45, 7) is 3.26. The van der Waals surface area contributed by atoms with E-state index in [2.05, 4.69) is 26.1 Å². The molecule has 7 heteroatoms. The van der Waals surface area contributed by atoms with Crippen molar-refractivity contribution in [1.82, 2.24) is 4.90 Å². The second-order valence-electron chi connectivity index (χ2n) is 6.79. The van der Waals surface area contributed by atoms with Gasteiger partial charge < -0.3 is 5.32 Å². The number of rotatable bonds is 3. The van der Waals surface area contributed by atoms with Gasteiger partial charge in [0.2, 0.25) is 5.91 Å². The van der Waals surface area contributed by atoms with Gasteiger partial charge in [-0.25, -0.2) is 0 Å². The molecule has 2 aliphatic heterocycles. The van der Waals surface area contributed by atoms with E-state index in [1.54, 1.807) is 17.0 Å². The van der Waals surface area contributed by atoms with Crippen LogP contribution in [0.25, 0.3) is 0 Å². The highest BCUT2D eigenvalue weighted by atomic mass is 79.9. The van der Waals surface area contributed by atoms with Crippen LogP contribution in [0.3, 0.4) is 0 Å². The third-order valence-electron chi connectivity index (χ3n) is 4.93. The Morgan fingerprint density at radius 3 is 2.81 bits per heavy atom. The van der Waals surface area contributed by atoms with Gasteiger partial charge in [0.25, 0.3) is 5.78 Å². The normalized spacial score (nSPS) is 16.3. The molecule has 0 unspecified atom stereocenters. The van der Waals surface area contributed by atoms with Gasteiger partial charge in [0.05, 0.1) is 17.9 Å². The van der Waals surface area contributed by atoms with Crippen LogP contribution in [0.4, 0.5) is 11.4 Å². The second-order valence-corrected chi connectivity index (χ2v) is 7.71. The highest BCUT2D eigenvalue weighted by Gasteiger charge is 2.37. The number of hydrogen-bond acceptors (Lipinski definition) is 4. The highest BCUT2D eigenvalue weighted by Crippen LogP contribution is 2.33. The SMILES string of the molecule is CC(=O)Nc1cccc2c1CCN(CN1C(=O)C(=O)c3ccc(Br)cc31)C2. The summed E-state index contributed by atoms with van der Waals surface area (Å²) in [5.74, 6) is -1.03. The van der Waals surface area contributed by atoms with E-state index in [0.29, 0.717) is 24.5 Å². The summed E-state index contributed by atoms with van der Waals surface area (Å²) in [5.41, 5.74) is 4.21. The highest BCUT2D eigenvalue weighted by molar-refractivity contribution is 9.10. The molecule has 0 aromatic heterocycles. The summed E-state index contributed by atoms with van der Waals surface area (Å²) >= 11 is 3.41. The lowest BCUT2D eigenvalue weighted by Gasteiger charge is -2.33. The third kappa shape index (κ3) is 3.28. The molecular weight excluding hydrogens is 410 g/mol. The fraction of sp³-hybridized carbons (Fsp3) is 0.250. The van der Waals surface area contributed by atoms with Crippen molar-refractivity contribution in [3.63, 3.8) is 0 Å². The molecule has 2 aromatic rings.